The van der Waals surface area contributed by atoms with Gasteiger partial charge in [-0.3, -0.25) is 0 Å². The number of carbonyl (C=O) groups excluding carboxylic acids is 1. The number of hydrogen-bond acceptors (Lipinski definition) is 4. The molecule has 122 valence electrons. The van der Waals surface area contributed by atoms with E-state index in [0.29, 0.717) is 11.4 Å². The predicted molar refractivity (Wildman–Crippen MR) is 85.6 cm³/mol. The van der Waals surface area contributed by atoms with E-state index < -0.39 is 5.60 Å². The molecule has 0 spiro atoms. The Morgan fingerprint density at radius 2 is 2.26 bits per heavy atom. The molecule has 1 aromatic carbocycles. The van der Waals surface area contributed by atoms with E-state index in [2.05, 4.69) is 10.6 Å². The average molecular weight is 316 g/mol. The Kier molecular flexibility index (Phi) is 4.25. The molecule has 2 aromatic rings. The minimum Gasteiger partial charge on any atom is -0.493 e. The first-order valence-corrected chi connectivity index (χ1v) is 7.61. The van der Waals surface area contributed by atoms with Crippen molar-refractivity contribution >= 4 is 11.7 Å². The minimum atomic E-state index is -1.26. The van der Waals surface area contributed by atoms with E-state index in [-0.39, 0.29) is 12.6 Å². The molecule has 1 aromatic heterocycles. The second-order valence-corrected chi connectivity index (χ2v) is 5.83. The van der Waals surface area contributed by atoms with Gasteiger partial charge < -0.3 is 24.9 Å². The first-order valence-electron chi connectivity index (χ1n) is 7.61. The smallest absolute Gasteiger partial charge is 0.319 e. The van der Waals surface area contributed by atoms with Gasteiger partial charge in [0.2, 0.25) is 0 Å². The number of rotatable bonds is 4. The molecule has 6 nitrogen and oxygen atoms in total. The van der Waals surface area contributed by atoms with Crippen LogP contribution in [0.5, 0.6) is 5.75 Å². The molecule has 0 fully saturated rings. The fraction of sp³-hybridized carbons (Fsp3) is 0.353. The summed E-state index contributed by atoms with van der Waals surface area (Å²) in [6.45, 7) is 2.37. The molecule has 3 rings (SSSR count). The Hall–Kier alpha value is -2.47. The largest absolute Gasteiger partial charge is 0.493 e. The van der Waals surface area contributed by atoms with Gasteiger partial charge in [0.05, 0.1) is 19.4 Å². The second-order valence-electron chi connectivity index (χ2n) is 5.83. The Bertz CT molecular complexity index is 680. The first-order chi connectivity index (χ1) is 11.0. The van der Waals surface area contributed by atoms with E-state index in [1.54, 1.807) is 25.1 Å². The molecule has 1 atom stereocenters. The summed E-state index contributed by atoms with van der Waals surface area (Å²) in [5.41, 5.74) is 0.533. The van der Waals surface area contributed by atoms with Crippen LogP contribution in [0.4, 0.5) is 10.5 Å². The van der Waals surface area contributed by atoms with Crippen LogP contribution in [0, 0.1) is 0 Å². The fourth-order valence-corrected chi connectivity index (χ4v) is 2.54. The van der Waals surface area contributed by atoms with Crippen molar-refractivity contribution < 1.29 is 19.1 Å². The molecule has 1 aliphatic heterocycles. The van der Waals surface area contributed by atoms with Gasteiger partial charge in [-0.15, -0.1) is 0 Å². The van der Waals surface area contributed by atoms with Crippen LogP contribution >= 0.6 is 0 Å². The van der Waals surface area contributed by atoms with Crippen LogP contribution in [-0.4, -0.2) is 24.3 Å². The highest BCUT2D eigenvalue weighted by Gasteiger charge is 2.26. The number of fused-ring (bicyclic) bond motifs is 1. The van der Waals surface area contributed by atoms with E-state index in [0.717, 1.165) is 30.8 Å². The third-order valence-electron chi connectivity index (χ3n) is 3.81. The summed E-state index contributed by atoms with van der Waals surface area (Å²) >= 11 is 0. The number of anilines is 1. The summed E-state index contributed by atoms with van der Waals surface area (Å²) in [5, 5.41) is 15.7. The lowest BCUT2D eigenvalue weighted by Crippen LogP contribution is -2.40. The standard InChI is InChI=1S/C17H20N2O4/c1-17(21,15-5-3-9-23-15)11-18-16(20)19-13-6-7-14-12(10-13)4-2-8-22-14/h3,5-7,9-10,21H,2,4,8,11H2,1H3,(H2,18,19,20)/t17-/m0/s1. The minimum absolute atomic E-state index is 0.0421. The zero-order chi connectivity index (χ0) is 16.3. The summed E-state index contributed by atoms with van der Waals surface area (Å²) in [6, 6.07) is 8.56. The van der Waals surface area contributed by atoms with Crippen molar-refractivity contribution in [3.8, 4) is 5.75 Å². The zero-order valence-electron chi connectivity index (χ0n) is 13.0. The number of furan rings is 1. The second kappa shape index (κ2) is 6.34. The van der Waals surface area contributed by atoms with E-state index in [1.807, 2.05) is 12.1 Å². The number of urea groups is 1. The van der Waals surface area contributed by atoms with Crippen LogP contribution in [0.1, 0.15) is 24.7 Å². The van der Waals surface area contributed by atoms with Crippen LogP contribution in [0.15, 0.2) is 41.0 Å². The van der Waals surface area contributed by atoms with E-state index in [9.17, 15) is 9.90 Å². The highest BCUT2D eigenvalue weighted by molar-refractivity contribution is 5.89. The molecular weight excluding hydrogens is 296 g/mol. The van der Waals surface area contributed by atoms with Gasteiger partial charge in [0.1, 0.15) is 17.1 Å². The van der Waals surface area contributed by atoms with Gasteiger partial charge in [-0.05, 0) is 55.7 Å². The molecule has 1 aliphatic rings. The van der Waals surface area contributed by atoms with Crippen molar-refractivity contribution in [1.82, 2.24) is 5.32 Å². The topological polar surface area (TPSA) is 83.7 Å². The van der Waals surface area contributed by atoms with Crippen molar-refractivity contribution in [2.24, 2.45) is 0 Å². The maximum atomic E-state index is 12.0. The van der Waals surface area contributed by atoms with Crippen molar-refractivity contribution in [1.29, 1.82) is 0 Å². The molecule has 0 unspecified atom stereocenters. The van der Waals surface area contributed by atoms with Gasteiger partial charge >= 0.3 is 6.03 Å². The molecule has 6 heteroatoms. The van der Waals surface area contributed by atoms with Crippen molar-refractivity contribution in [2.75, 3.05) is 18.5 Å². The Labute approximate surface area is 134 Å². The van der Waals surface area contributed by atoms with Crippen LogP contribution in [0.2, 0.25) is 0 Å². The van der Waals surface area contributed by atoms with Crippen LogP contribution in [0.3, 0.4) is 0 Å². The Balaban J connectivity index is 1.57. The molecule has 2 amide bonds. The molecule has 23 heavy (non-hydrogen) atoms. The molecule has 0 bridgehead atoms. The van der Waals surface area contributed by atoms with Gasteiger partial charge in [0.25, 0.3) is 0 Å². The number of carbonyl (C=O) groups is 1. The fourth-order valence-electron chi connectivity index (χ4n) is 2.54. The molecule has 3 N–H and O–H groups in total. The van der Waals surface area contributed by atoms with Gasteiger partial charge in [-0.2, -0.15) is 0 Å². The van der Waals surface area contributed by atoms with Crippen LogP contribution in [0.25, 0.3) is 0 Å². The lowest BCUT2D eigenvalue weighted by Gasteiger charge is -2.21. The Morgan fingerprint density at radius 1 is 1.39 bits per heavy atom. The van der Waals surface area contributed by atoms with Gasteiger partial charge in [-0.25, -0.2) is 4.79 Å². The summed E-state index contributed by atoms with van der Waals surface area (Å²) < 4.78 is 10.7. The van der Waals surface area contributed by atoms with Crippen molar-refractivity contribution in [2.45, 2.75) is 25.4 Å². The summed E-state index contributed by atoms with van der Waals surface area (Å²) in [4.78, 5) is 12.0. The SMILES string of the molecule is C[C@](O)(CNC(=O)Nc1ccc2c(c1)CCCO2)c1ccco1. The van der Waals surface area contributed by atoms with Crippen LogP contribution < -0.4 is 15.4 Å². The van der Waals surface area contributed by atoms with Crippen molar-refractivity contribution in [3.63, 3.8) is 0 Å². The summed E-state index contributed by atoms with van der Waals surface area (Å²) in [5.74, 6) is 1.28. The Morgan fingerprint density at radius 3 is 3.04 bits per heavy atom. The lowest BCUT2D eigenvalue weighted by atomic mass is 10.0. The van der Waals surface area contributed by atoms with E-state index in [4.69, 9.17) is 9.15 Å². The highest BCUT2D eigenvalue weighted by atomic mass is 16.5. The van der Waals surface area contributed by atoms with Crippen molar-refractivity contribution in [3.05, 3.63) is 47.9 Å². The van der Waals surface area contributed by atoms with E-state index in [1.165, 1.54) is 6.26 Å². The highest BCUT2D eigenvalue weighted by Crippen LogP contribution is 2.27. The maximum Gasteiger partial charge on any atom is 0.319 e. The predicted octanol–water partition coefficient (Wildman–Crippen LogP) is 2.63. The molecule has 0 aliphatic carbocycles. The maximum absolute atomic E-state index is 12.0. The molecular formula is C17H20N2O4. The lowest BCUT2D eigenvalue weighted by molar-refractivity contribution is 0.0372. The number of benzene rings is 1. The summed E-state index contributed by atoms with van der Waals surface area (Å²) in [7, 11) is 0. The van der Waals surface area contributed by atoms with Gasteiger partial charge in [0.15, 0.2) is 0 Å². The van der Waals surface area contributed by atoms with Crippen LogP contribution in [-0.2, 0) is 12.0 Å². The summed E-state index contributed by atoms with van der Waals surface area (Å²) in [6.07, 6.45) is 3.41. The monoisotopic (exact) mass is 316 g/mol. The number of nitrogens with one attached hydrogen (secondary N) is 2. The average Bonchev–Trinajstić information content (AvgIpc) is 3.08. The van der Waals surface area contributed by atoms with Gasteiger partial charge in [0, 0.05) is 5.69 Å². The zero-order valence-corrected chi connectivity index (χ0v) is 13.0. The number of aryl methyl sites for hydroxylation is 1. The molecule has 0 saturated carbocycles. The third kappa shape index (κ3) is 3.65. The van der Waals surface area contributed by atoms with E-state index >= 15 is 0 Å². The third-order valence-corrected chi connectivity index (χ3v) is 3.81. The molecule has 0 saturated heterocycles. The quantitative estimate of drug-likeness (QED) is 0.809. The van der Waals surface area contributed by atoms with Gasteiger partial charge in [-0.1, -0.05) is 0 Å². The molecule has 0 radical (unpaired) electrons. The normalized spacial score (nSPS) is 15.9. The number of aliphatic hydroxyl groups is 1. The number of amides is 2. The number of hydrogen-bond donors (Lipinski definition) is 3. The number of ether oxygens (including phenoxy) is 1. The first kappa shape index (κ1) is 15.4. The molecule has 2 heterocycles.